The van der Waals surface area contributed by atoms with Crippen molar-refractivity contribution in [3.8, 4) is 0 Å². The highest BCUT2D eigenvalue weighted by Gasteiger charge is 2.14. The number of amides is 1. The van der Waals surface area contributed by atoms with Gasteiger partial charge in [-0.2, -0.15) is 0 Å². The predicted molar refractivity (Wildman–Crippen MR) is 67.0 cm³/mol. The Kier molecular flexibility index (Phi) is 5.18. The maximum atomic E-state index is 13.2. The van der Waals surface area contributed by atoms with E-state index in [1.807, 2.05) is 6.92 Å². The van der Waals surface area contributed by atoms with Crippen molar-refractivity contribution in [3.63, 3.8) is 0 Å². The van der Waals surface area contributed by atoms with E-state index in [1.165, 1.54) is 6.07 Å². The monoisotopic (exact) mass is 278 g/mol. The normalized spacial score (nSPS) is 12.3. The van der Waals surface area contributed by atoms with Crippen LogP contribution in [0.3, 0.4) is 0 Å². The van der Waals surface area contributed by atoms with Gasteiger partial charge < -0.3 is 11.1 Å². The molecule has 1 aromatic carbocycles. The Hall–Kier alpha value is -0.840. The number of carbonyl (C=O) groups is 1. The number of benzene rings is 1. The first kappa shape index (κ1) is 14.2. The van der Waals surface area contributed by atoms with Gasteiger partial charge in [-0.05, 0) is 24.6 Å². The fourth-order valence-corrected chi connectivity index (χ4v) is 1.61. The van der Waals surface area contributed by atoms with Crippen molar-refractivity contribution >= 4 is 29.1 Å². The van der Waals surface area contributed by atoms with Gasteiger partial charge >= 0.3 is 0 Å². The number of hydrogen-bond donors (Lipinski definition) is 2. The molecule has 0 saturated carbocycles. The molecule has 1 rings (SSSR count). The van der Waals surface area contributed by atoms with Gasteiger partial charge in [0.1, 0.15) is 5.82 Å². The highest BCUT2D eigenvalue weighted by molar-refractivity contribution is 6.36. The summed E-state index contributed by atoms with van der Waals surface area (Å²) in [6.45, 7) is 2.77. The van der Waals surface area contributed by atoms with E-state index < -0.39 is 11.7 Å². The number of rotatable bonds is 4. The molecule has 0 aromatic heterocycles. The molecule has 0 aliphatic heterocycles. The van der Waals surface area contributed by atoms with Gasteiger partial charge in [-0.25, -0.2) is 4.39 Å². The van der Waals surface area contributed by atoms with Crippen LogP contribution >= 0.6 is 23.2 Å². The number of carbonyl (C=O) groups excluding carboxylic acids is 1. The van der Waals surface area contributed by atoms with Crippen LogP contribution in [-0.4, -0.2) is 19.0 Å². The van der Waals surface area contributed by atoms with Crippen molar-refractivity contribution in [2.45, 2.75) is 6.92 Å². The minimum absolute atomic E-state index is 0.0674. The Morgan fingerprint density at radius 2 is 2.12 bits per heavy atom. The molecule has 17 heavy (non-hydrogen) atoms. The Bertz CT molecular complexity index is 426. The van der Waals surface area contributed by atoms with Crippen LogP contribution in [0.5, 0.6) is 0 Å². The molecule has 0 saturated heterocycles. The minimum Gasteiger partial charge on any atom is -0.352 e. The second kappa shape index (κ2) is 6.19. The molecule has 0 fully saturated rings. The molecule has 94 valence electrons. The Morgan fingerprint density at radius 3 is 2.71 bits per heavy atom. The fraction of sp³-hybridized carbons (Fsp3) is 0.364. The molecule has 3 N–H and O–H groups in total. The molecule has 0 heterocycles. The van der Waals surface area contributed by atoms with E-state index in [0.29, 0.717) is 13.1 Å². The molecule has 0 bridgehead atoms. The molecule has 0 aliphatic rings. The third-order valence-corrected chi connectivity index (χ3v) is 2.87. The maximum Gasteiger partial charge on any atom is 0.252 e. The third kappa shape index (κ3) is 3.84. The SMILES string of the molecule is CC(CN)CNC(=O)c1cc(F)c(Cl)cc1Cl. The van der Waals surface area contributed by atoms with Crippen LogP contribution in [0.15, 0.2) is 12.1 Å². The van der Waals surface area contributed by atoms with Crippen molar-refractivity contribution in [1.29, 1.82) is 0 Å². The molecule has 0 aliphatic carbocycles. The Morgan fingerprint density at radius 1 is 1.47 bits per heavy atom. The molecule has 0 radical (unpaired) electrons. The lowest BCUT2D eigenvalue weighted by molar-refractivity contribution is 0.0948. The van der Waals surface area contributed by atoms with E-state index in [-0.39, 0.29) is 21.5 Å². The van der Waals surface area contributed by atoms with Gasteiger partial charge in [-0.1, -0.05) is 30.1 Å². The lowest BCUT2D eigenvalue weighted by Crippen LogP contribution is -2.31. The van der Waals surface area contributed by atoms with Crippen LogP contribution in [0.25, 0.3) is 0 Å². The lowest BCUT2D eigenvalue weighted by Gasteiger charge is -2.11. The summed E-state index contributed by atoms with van der Waals surface area (Å²) in [4.78, 5) is 11.7. The highest BCUT2D eigenvalue weighted by atomic mass is 35.5. The van der Waals surface area contributed by atoms with Gasteiger partial charge in [0.25, 0.3) is 5.91 Å². The summed E-state index contributed by atoms with van der Waals surface area (Å²) in [6, 6.07) is 2.23. The van der Waals surface area contributed by atoms with Gasteiger partial charge in [0.2, 0.25) is 0 Å². The van der Waals surface area contributed by atoms with E-state index in [4.69, 9.17) is 28.9 Å². The minimum atomic E-state index is -0.673. The number of nitrogens with one attached hydrogen (secondary N) is 1. The molecule has 1 atom stereocenters. The van der Waals surface area contributed by atoms with Gasteiger partial charge in [-0.15, -0.1) is 0 Å². The van der Waals surface area contributed by atoms with Crippen LogP contribution in [-0.2, 0) is 0 Å². The molecule has 6 heteroatoms. The molecular weight excluding hydrogens is 266 g/mol. The second-order valence-electron chi connectivity index (χ2n) is 3.80. The van der Waals surface area contributed by atoms with E-state index in [0.717, 1.165) is 6.07 Å². The van der Waals surface area contributed by atoms with Crippen LogP contribution < -0.4 is 11.1 Å². The molecule has 0 spiro atoms. The van der Waals surface area contributed by atoms with Gasteiger partial charge in [0, 0.05) is 6.54 Å². The van der Waals surface area contributed by atoms with Crippen LogP contribution in [0.1, 0.15) is 17.3 Å². The summed E-state index contributed by atoms with van der Waals surface area (Å²) in [5.74, 6) is -0.964. The number of hydrogen-bond acceptors (Lipinski definition) is 2. The summed E-state index contributed by atoms with van der Waals surface area (Å²) >= 11 is 11.3. The summed E-state index contributed by atoms with van der Waals surface area (Å²) in [5.41, 5.74) is 5.48. The first-order valence-corrected chi connectivity index (χ1v) is 5.84. The van der Waals surface area contributed by atoms with E-state index >= 15 is 0 Å². The van der Waals surface area contributed by atoms with E-state index in [1.54, 1.807) is 0 Å². The first-order chi connectivity index (χ1) is 7.95. The first-order valence-electron chi connectivity index (χ1n) is 5.08. The smallest absolute Gasteiger partial charge is 0.252 e. The summed E-state index contributed by atoms with van der Waals surface area (Å²) in [6.07, 6.45) is 0. The lowest BCUT2D eigenvalue weighted by atomic mass is 10.1. The summed E-state index contributed by atoms with van der Waals surface area (Å²) in [7, 11) is 0. The standard InChI is InChI=1S/C11H13Cl2FN2O/c1-6(4-15)5-16-11(17)7-2-10(14)9(13)3-8(7)12/h2-3,6H,4-5,15H2,1H3,(H,16,17). The van der Waals surface area contributed by atoms with Crippen molar-refractivity contribution in [2.75, 3.05) is 13.1 Å². The molecule has 3 nitrogen and oxygen atoms in total. The number of nitrogens with two attached hydrogens (primary N) is 1. The zero-order valence-electron chi connectivity index (χ0n) is 9.27. The number of halogens is 3. The van der Waals surface area contributed by atoms with Crippen LogP contribution in [0.2, 0.25) is 10.0 Å². The van der Waals surface area contributed by atoms with Crippen molar-refractivity contribution in [3.05, 3.63) is 33.6 Å². The molecule has 1 amide bonds. The van der Waals surface area contributed by atoms with Gasteiger partial charge in [0.15, 0.2) is 0 Å². The second-order valence-corrected chi connectivity index (χ2v) is 4.61. The van der Waals surface area contributed by atoms with Crippen molar-refractivity contribution in [1.82, 2.24) is 5.32 Å². The van der Waals surface area contributed by atoms with Crippen molar-refractivity contribution < 1.29 is 9.18 Å². The fourth-order valence-electron chi connectivity index (χ4n) is 1.14. The zero-order valence-corrected chi connectivity index (χ0v) is 10.8. The Labute approximate surface area is 109 Å². The quantitative estimate of drug-likeness (QED) is 0.832. The summed E-state index contributed by atoms with van der Waals surface area (Å²) < 4.78 is 13.2. The Balaban J connectivity index is 2.79. The van der Waals surface area contributed by atoms with Crippen LogP contribution in [0, 0.1) is 11.7 Å². The largest absolute Gasteiger partial charge is 0.352 e. The van der Waals surface area contributed by atoms with E-state index in [9.17, 15) is 9.18 Å². The predicted octanol–water partition coefficient (Wildman–Crippen LogP) is 2.46. The van der Waals surface area contributed by atoms with E-state index in [2.05, 4.69) is 5.32 Å². The molecular formula is C11H13Cl2FN2O. The summed E-state index contributed by atoms with van der Waals surface area (Å²) in [5, 5.41) is 2.63. The average Bonchev–Trinajstić information content (AvgIpc) is 2.30. The molecule has 1 unspecified atom stereocenters. The van der Waals surface area contributed by atoms with Crippen molar-refractivity contribution in [2.24, 2.45) is 11.7 Å². The topological polar surface area (TPSA) is 55.1 Å². The van der Waals surface area contributed by atoms with Crippen LogP contribution in [0.4, 0.5) is 4.39 Å². The molecule has 1 aromatic rings. The maximum absolute atomic E-state index is 13.2. The zero-order chi connectivity index (χ0) is 13.0. The average molecular weight is 279 g/mol. The highest BCUT2D eigenvalue weighted by Crippen LogP contribution is 2.24. The van der Waals surface area contributed by atoms with Gasteiger partial charge in [-0.3, -0.25) is 4.79 Å². The third-order valence-electron chi connectivity index (χ3n) is 2.27. The van der Waals surface area contributed by atoms with Gasteiger partial charge in [0.05, 0.1) is 15.6 Å².